The number of methoxy groups -OCH3 is 2. The number of nitrogens with zero attached hydrogens (tertiary/aromatic N) is 6. The lowest BCUT2D eigenvalue weighted by molar-refractivity contribution is 0.157. The minimum atomic E-state index is -0.0645. The third-order valence-corrected chi connectivity index (χ3v) is 5.05. The first kappa shape index (κ1) is 19.9. The summed E-state index contributed by atoms with van der Waals surface area (Å²) < 4.78 is 12.8. The van der Waals surface area contributed by atoms with E-state index in [-0.39, 0.29) is 11.9 Å². The minimum absolute atomic E-state index is 0.0645. The van der Waals surface area contributed by atoms with Gasteiger partial charge < -0.3 is 14.0 Å². The zero-order valence-corrected chi connectivity index (χ0v) is 17.1. The van der Waals surface area contributed by atoms with Gasteiger partial charge in [0, 0.05) is 31.3 Å². The van der Waals surface area contributed by atoms with Crippen LogP contribution in [-0.4, -0.2) is 45.5 Å². The molecule has 1 atom stereocenters. The van der Waals surface area contributed by atoms with E-state index in [1.54, 1.807) is 32.4 Å². The third-order valence-electron chi connectivity index (χ3n) is 5.05. The molecule has 1 aliphatic rings. The molecule has 3 heterocycles. The third kappa shape index (κ3) is 3.87. The lowest BCUT2D eigenvalue weighted by Gasteiger charge is -2.24. The smallest absolute Gasteiger partial charge is 0.197 e. The number of hydrogen-bond acceptors (Lipinski definition) is 9. The van der Waals surface area contributed by atoms with Gasteiger partial charge in [0.2, 0.25) is 0 Å². The molecule has 0 unspecified atom stereocenters. The molecule has 0 fully saturated rings. The predicted molar refractivity (Wildman–Crippen MR) is 110 cm³/mol. The Balaban J connectivity index is 1.57. The zero-order chi connectivity index (χ0) is 21.1. The lowest BCUT2D eigenvalue weighted by Crippen LogP contribution is -2.38. The van der Waals surface area contributed by atoms with Gasteiger partial charge in [-0.3, -0.25) is 0 Å². The van der Waals surface area contributed by atoms with E-state index in [0.29, 0.717) is 31.2 Å². The van der Waals surface area contributed by atoms with Crippen LogP contribution in [0.1, 0.15) is 24.4 Å². The number of rotatable bonds is 6. The van der Waals surface area contributed by atoms with E-state index < -0.39 is 0 Å². The van der Waals surface area contributed by atoms with E-state index in [2.05, 4.69) is 30.8 Å². The second-order valence-electron chi connectivity index (χ2n) is 6.96. The highest BCUT2D eigenvalue weighted by molar-refractivity contribution is 5.52. The van der Waals surface area contributed by atoms with E-state index in [1.807, 2.05) is 29.7 Å². The van der Waals surface area contributed by atoms with Crippen LogP contribution in [0.3, 0.4) is 0 Å². The van der Waals surface area contributed by atoms with Gasteiger partial charge in [-0.25, -0.2) is 15.4 Å². The molecule has 3 aromatic rings. The van der Waals surface area contributed by atoms with Crippen LogP contribution in [0.25, 0.3) is 11.5 Å². The van der Waals surface area contributed by atoms with E-state index >= 15 is 0 Å². The topological polar surface area (TPSA) is 107 Å². The van der Waals surface area contributed by atoms with Crippen molar-refractivity contribution < 1.29 is 9.47 Å². The fourth-order valence-electron chi connectivity index (χ4n) is 3.57. The Morgan fingerprint density at radius 2 is 2.03 bits per heavy atom. The largest absolute Gasteiger partial charge is 0.497 e. The summed E-state index contributed by atoms with van der Waals surface area (Å²) in [7, 11) is 3.29. The van der Waals surface area contributed by atoms with Gasteiger partial charge in [-0.15, -0.1) is 15.1 Å². The van der Waals surface area contributed by atoms with Crippen molar-refractivity contribution in [1.82, 2.24) is 30.2 Å². The summed E-state index contributed by atoms with van der Waals surface area (Å²) in [6.07, 6.45) is 0. The molecule has 30 heavy (non-hydrogen) atoms. The summed E-state index contributed by atoms with van der Waals surface area (Å²) in [5.74, 6) is 3.07. The van der Waals surface area contributed by atoms with Crippen molar-refractivity contribution >= 4 is 5.82 Å². The Hall–Kier alpha value is -3.37. The maximum Gasteiger partial charge on any atom is 0.197 e. The highest BCUT2D eigenvalue weighted by Crippen LogP contribution is 2.27. The fourth-order valence-corrected chi connectivity index (χ4v) is 3.57. The summed E-state index contributed by atoms with van der Waals surface area (Å²) >= 11 is 0. The second-order valence-corrected chi connectivity index (χ2v) is 6.96. The van der Waals surface area contributed by atoms with Crippen LogP contribution in [-0.2, 0) is 13.1 Å². The molecule has 0 aliphatic carbocycles. The molecular formula is C20H23N7O3. The van der Waals surface area contributed by atoms with Crippen LogP contribution in [0.5, 0.6) is 11.5 Å². The van der Waals surface area contributed by atoms with Crippen LogP contribution < -0.4 is 14.9 Å². The summed E-state index contributed by atoms with van der Waals surface area (Å²) in [4.78, 5) is 15.1. The number of pyridine rings is 1. The number of nitrogens with one attached hydrogen (secondary N) is 1. The van der Waals surface area contributed by atoms with Crippen molar-refractivity contribution in [2.45, 2.75) is 26.1 Å². The molecule has 1 aromatic carbocycles. The average molecular weight is 409 g/mol. The van der Waals surface area contributed by atoms with Crippen molar-refractivity contribution in [3.63, 3.8) is 0 Å². The first-order valence-electron chi connectivity index (χ1n) is 9.59. The summed E-state index contributed by atoms with van der Waals surface area (Å²) in [5.41, 5.74) is 5.10. The first-order valence-corrected chi connectivity index (χ1v) is 9.59. The van der Waals surface area contributed by atoms with Crippen LogP contribution in [0, 0.1) is 4.91 Å². The molecule has 10 nitrogen and oxygen atoms in total. The molecule has 0 amide bonds. The van der Waals surface area contributed by atoms with Crippen molar-refractivity contribution in [1.29, 1.82) is 0 Å². The molecule has 1 aliphatic heterocycles. The Bertz CT molecular complexity index is 1050. The quantitative estimate of drug-likeness (QED) is 0.620. The summed E-state index contributed by atoms with van der Waals surface area (Å²) in [6, 6.07) is 10.8. The molecule has 1 N–H and O–H groups in total. The summed E-state index contributed by atoms with van der Waals surface area (Å²) in [6.45, 7) is 4.05. The van der Waals surface area contributed by atoms with Gasteiger partial charge in [-0.2, -0.15) is 0 Å². The van der Waals surface area contributed by atoms with E-state index in [4.69, 9.17) is 9.47 Å². The van der Waals surface area contributed by atoms with Gasteiger partial charge in [0.15, 0.2) is 17.5 Å². The number of nitroso groups, excluding NO2 is 1. The summed E-state index contributed by atoms with van der Waals surface area (Å²) in [5, 5.41) is 13.7. The molecule has 0 bridgehead atoms. The Morgan fingerprint density at radius 3 is 2.80 bits per heavy atom. The molecule has 0 saturated carbocycles. The predicted octanol–water partition coefficient (Wildman–Crippen LogP) is 2.84. The van der Waals surface area contributed by atoms with Crippen molar-refractivity contribution in [2.75, 3.05) is 20.8 Å². The number of hydrazine groups is 1. The Kier molecular flexibility index (Phi) is 5.68. The normalized spacial score (nSPS) is 16.6. The molecule has 0 spiro atoms. The van der Waals surface area contributed by atoms with E-state index in [1.165, 1.54) is 0 Å². The van der Waals surface area contributed by atoms with Gasteiger partial charge in [-0.1, -0.05) is 12.1 Å². The van der Waals surface area contributed by atoms with Gasteiger partial charge in [-0.05, 0) is 30.3 Å². The molecule has 0 saturated heterocycles. The van der Waals surface area contributed by atoms with Crippen molar-refractivity contribution in [3.05, 3.63) is 52.7 Å². The Morgan fingerprint density at radius 1 is 1.17 bits per heavy atom. The lowest BCUT2D eigenvalue weighted by atomic mass is 10.2. The molecular weight excluding hydrogens is 386 g/mol. The van der Waals surface area contributed by atoms with E-state index in [0.717, 1.165) is 22.9 Å². The van der Waals surface area contributed by atoms with Crippen LogP contribution in [0.4, 0.5) is 5.82 Å². The van der Waals surface area contributed by atoms with Gasteiger partial charge in [0.25, 0.3) is 0 Å². The first-order chi connectivity index (χ1) is 14.6. The number of benzene rings is 1. The van der Waals surface area contributed by atoms with Gasteiger partial charge in [0.05, 0.1) is 20.3 Å². The number of fused-ring (bicyclic) bond motifs is 1. The van der Waals surface area contributed by atoms with Crippen molar-refractivity contribution in [2.24, 2.45) is 5.18 Å². The van der Waals surface area contributed by atoms with Crippen LogP contribution in [0.2, 0.25) is 0 Å². The monoisotopic (exact) mass is 409 g/mol. The zero-order valence-electron chi connectivity index (χ0n) is 17.1. The number of ether oxygens (including phenoxy) is 2. The van der Waals surface area contributed by atoms with Crippen LogP contribution >= 0.6 is 0 Å². The molecule has 156 valence electrons. The van der Waals surface area contributed by atoms with E-state index in [9.17, 15) is 4.91 Å². The SMILES string of the molecule is COc1ccc(CN2CCn3c(-c4cccc(N=O)n4)nnc3[C@@H](C)N2)c(OC)c1. The molecule has 2 aromatic heterocycles. The minimum Gasteiger partial charge on any atom is -0.497 e. The van der Waals surface area contributed by atoms with Gasteiger partial charge in [0.1, 0.15) is 17.2 Å². The number of hydrogen-bond donors (Lipinski definition) is 1. The van der Waals surface area contributed by atoms with Crippen LogP contribution in [0.15, 0.2) is 41.6 Å². The second kappa shape index (κ2) is 8.56. The average Bonchev–Trinajstić information content (AvgIpc) is 3.15. The fraction of sp³-hybridized carbons (Fsp3) is 0.350. The highest BCUT2D eigenvalue weighted by atomic mass is 16.5. The molecule has 4 rings (SSSR count). The Labute approximate surface area is 173 Å². The maximum absolute atomic E-state index is 10.8. The number of aromatic nitrogens is 4. The maximum atomic E-state index is 10.8. The molecule has 0 radical (unpaired) electrons. The van der Waals surface area contributed by atoms with Gasteiger partial charge >= 0.3 is 0 Å². The standard InChI is InChI=1S/C20H23N7O3/c1-13-19-22-23-20(16-5-4-6-18(21-16)25-28)27(19)10-9-26(24-13)12-14-7-8-15(29-2)11-17(14)30-3/h4-8,11,13,24H,9-10,12H2,1-3H3/t13-/m1/s1. The highest BCUT2D eigenvalue weighted by Gasteiger charge is 2.25. The molecule has 10 heteroatoms. The van der Waals surface area contributed by atoms with Crippen molar-refractivity contribution in [3.8, 4) is 23.0 Å².